The zero-order valence-electron chi connectivity index (χ0n) is 10.6. The van der Waals surface area contributed by atoms with Crippen LogP contribution in [0.4, 0.5) is 11.4 Å². The molecule has 1 N–H and O–H groups in total. The molecule has 0 radical (unpaired) electrons. The Hall–Kier alpha value is -1.78. The van der Waals surface area contributed by atoms with Crippen LogP contribution in [-0.4, -0.2) is 4.92 Å². The van der Waals surface area contributed by atoms with E-state index < -0.39 is 4.92 Å². The highest BCUT2D eigenvalue weighted by molar-refractivity contribution is 6.33. The molecule has 0 fully saturated rings. The fraction of sp³-hybridized carbons (Fsp3) is 0.143. The van der Waals surface area contributed by atoms with Gasteiger partial charge in [-0.25, -0.2) is 0 Å². The quantitative estimate of drug-likeness (QED) is 0.633. The van der Waals surface area contributed by atoms with Crippen LogP contribution in [0.25, 0.3) is 0 Å². The molecule has 6 heteroatoms. The average molecular weight is 311 g/mol. The third kappa shape index (κ3) is 3.21. The predicted octanol–water partition coefficient (Wildman–Crippen LogP) is 5.07. The summed E-state index contributed by atoms with van der Waals surface area (Å²) < 4.78 is 0. The number of anilines is 1. The topological polar surface area (TPSA) is 55.2 Å². The van der Waals surface area contributed by atoms with E-state index in [0.29, 0.717) is 15.7 Å². The highest BCUT2D eigenvalue weighted by Crippen LogP contribution is 2.34. The molecular formula is C14H12Cl2N2O2. The van der Waals surface area contributed by atoms with Crippen molar-refractivity contribution in [2.75, 3.05) is 5.32 Å². The molecule has 0 bridgehead atoms. The minimum atomic E-state index is -0.456. The fourth-order valence-corrected chi connectivity index (χ4v) is 2.21. The largest absolute Gasteiger partial charge is 0.372 e. The van der Waals surface area contributed by atoms with E-state index in [-0.39, 0.29) is 11.7 Å². The van der Waals surface area contributed by atoms with Gasteiger partial charge in [0.2, 0.25) is 0 Å². The Bertz CT molecular complexity index is 630. The third-order valence-electron chi connectivity index (χ3n) is 2.92. The van der Waals surface area contributed by atoms with Gasteiger partial charge >= 0.3 is 0 Å². The van der Waals surface area contributed by atoms with Crippen LogP contribution in [0.1, 0.15) is 18.5 Å². The second kappa shape index (κ2) is 6.11. The van der Waals surface area contributed by atoms with E-state index in [1.165, 1.54) is 6.07 Å². The SMILES string of the molecule is CC(Nc1c(Cl)cccc1[N+](=O)[O-])c1ccc(Cl)cc1. The van der Waals surface area contributed by atoms with Crippen molar-refractivity contribution in [1.82, 2.24) is 0 Å². The van der Waals surface area contributed by atoms with Crippen LogP contribution in [0.5, 0.6) is 0 Å². The van der Waals surface area contributed by atoms with Crippen molar-refractivity contribution in [3.05, 3.63) is 68.2 Å². The summed E-state index contributed by atoms with van der Waals surface area (Å²) in [6.07, 6.45) is 0. The lowest BCUT2D eigenvalue weighted by molar-refractivity contribution is -0.384. The maximum atomic E-state index is 11.0. The molecule has 0 amide bonds. The fourth-order valence-electron chi connectivity index (χ4n) is 1.86. The molecule has 104 valence electrons. The lowest BCUT2D eigenvalue weighted by Gasteiger charge is -2.16. The number of hydrogen-bond donors (Lipinski definition) is 1. The van der Waals surface area contributed by atoms with E-state index in [1.54, 1.807) is 24.3 Å². The van der Waals surface area contributed by atoms with Crippen LogP contribution in [0.15, 0.2) is 42.5 Å². The first-order valence-electron chi connectivity index (χ1n) is 5.94. The van der Waals surface area contributed by atoms with Gasteiger partial charge in [0.1, 0.15) is 5.69 Å². The zero-order chi connectivity index (χ0) is 14.7. The van der Waals surface area contributed by atoms with E-state index in [9.17, 15) is 10.1 Å². The second-order valence-corrected chi connectivity index (χ2v) is 5.15. The first kappa shape index (κ1) is 14.6. The smallest absolute Gasteiger partial charge is 0.293 e. The van der Waals surface area contributed by atoms with Crippen LogP contribution in [0.2, 0.25) is 10.0 Å². The molecule has 2 aromatic rings. The molecule has 0 aliphatic heterocycles. The molecule has 0 aliphatic rings. The van der Waals surface area contributed by atoms with Crippen molar-refractivity contribution in [2.45, 2.75) is 13.0 Å². The van der Waals surface area contributed by atoms with Gasteiger partial charge in [0.05, 0.1) is 9.95 Å². The molecule has 0 heterocycles. The summed E-state index contributed by atoms with van der Waals surface area (Å²) in [6.45, 7) is 1.90. The van der Waals surface area contributed by atoms with Crippen LogP contribution in [0.3, 0.4) is 0 Å². The van der Waals surface area contributed by atoms with Crippen molar-refractivity contribution in [2.24, 2.45) is 0 Å². The van der Waals surface area contributed by atoms with Gasteiger partial charge in [-0.05, 0) is 30.7 Å². The number of halogens is 2. The Kier molecular flexibility index (Phi) is 4.47. The maximum absolute atomic E-state index is 11.0. The first-order chi connectivity index (χ1) is 9.49. The number of rotatable bonds is 4. The van der Waals surface area contributed by atoms with Crippen molar-refractivity contribution in [1.29, 1.82) is 0 Å². The van der Waals surface area contributed by atoms with E-state index >= 15 is 0 Å². The van der Waals surface area contributed by atoms with E-state index in [4.69, 9.17) is 23.2 Å². The monoisotopic (exact) mass is 310 g/mol. The molecule has 20 heavy (non-hydrogen) atoms. The molecule has 0 spiro atoms. The van der Waals surface area contributed by atoms with Crippen molar-refractivity contribution < 1.29 is 4.92 Å². The van der Waals surface area contributed by atoms with Gasteiger partial charge in [0.15, 0.2) is 0 Å². The van der Waals surface area contributed by atoms with Crippen molar-refractivity contribution >= 4 is 34.6 Å². The van der Waals surface area contributed by atoms with Gasteiger partial charge in [-0.2, -0.15) is 0 Å². The van der Waals surface area contributed by atoms with Gasteiger partial charge in [0, 0.05) is 17.1 Å². The maximum Gasteiger partial charge on any atom is 0.293 e. The second-order valence-electron chi connectivity index (χ2n) is 4.31. The number of nitrogens with one attached hydrogen (secondary N) is 1. The number of nitro groups is 1. The Morgan fingerprint density at radius 1 is 1.15 bits per heavy atom. The Balaban J connectivity index is 2.30. The predicted molar refractivity (Wildman–Crippen MR) is 81.6 cm³/mol. The number of para-hydroxylation sites is 1. The molecule has 0 saturated carbocycles. The molecule has 0 aliphatic carbocycles. The summed E-state index contributed by atoms with van der Waals surface area (Å²) in [7, 11) is 0. The number of nitrogens with zero attached hydrogens (tertiary/aromatic N) is 1. The van der Waals surface area contributed by atoms with Gasteiger partial charge in [-0.1, -0.05) is 41.4 Å². The molecule has 1 unspecified atom stereocenters. The lowest BCUT2D eigenvalue weighted by atomic mass is 10.1. The van der Waals surface area contributed by atoms with Crippen LogP contribution < -0.4 is 5.32 Å². The molecule has 2 aromatic carbocycles. The van der Waals surface area contributed by atoms with E-state index in [2.05, 4.69) is 5.32 Å². The van der Waals surface area contributed by atoms with Gasteiger partial charge < -0.3 is 5.32 Å². The van der Waals surface area contributed by atoms with Gasteiger partial charge in [-0.15, -0.1) is 0 Å². The number of benzene rings is 2. The Morgan fingerprint density at radius 2 is 1.80 bits per heavy atom. The summed E-state index contributed by atoms with van der Waals surface area (Å²) in [4.78, 5) is 10.6. The first-order valence-corrected chi connectivity index (χ1v) is 6.69. The number of nitro benzene ring substituents is 1. The van der Waals surface area contributed by atoms with Crippen molar-refractivity contribution in [3.8, 4) is 0 Å². The number of hydrogen-bond acceptors (Lipinski definition) is 3. The highest BCUT2D eigenvalue weighted by Gasteiger charge is 2.18. The van der Waals surface area contributed by atoms with Crippen molar-refractivity contribution in [3.63, 3.8) is 0 Å². The highest BCUT2D eigenvalue weighted by atomic mass is 35.5. The van der Waals surface area contributed by atoms with Gasteiger partial charge in [-0.3, -0.25) is 10.1 Å². The Morgan fingerprint density at radius 3 is 2.40 bits per heavy atom. The van der Waals surface area contributed by atoms with Gasteiger partial charge in [0.25, 0.3) is 5.69 Å². The summed E-state index contributed by atoms with van der Waals surface area (Å²) in [5.41, 5.74) is 1.24. The van der Waals surface area contributed by atoms with E-state index in [1.807, 2.05) is 19.1 Å². The zero-order valence-corrected chi connectivity index (χ0v) is 12.2. The Labute approximate surface area is 126 Å². The molecule has 1 atom stereocenters. The summed E-state index contributed by atoms with van der Waals surface area (Å²) in [6, 6.07) is 11.7. The molecule has 2 rings (SSSR count). The molecule has 0 saturated heterocycles. The average Bonchev–Trinajstić information content (AvgIpc) is 2.41. The third-order valence-corrected chi connectivity index (χ3v) is 3.49. The minimum Gasteiger partial charge on any atom is -0.372 e. The standard InChI is InChI=1S/C14H12Cl2N2O2/c1-9(10-5-7-11(15)8-6-10)17-14-12(16)3-2-4-13(14)18(19)20/h2-9,17H,1H3. The summed E-state index contributed by atoms with van der Waals surface area (Å²) in [5.74, 6) is 0. The molecule has 4 nitrogen and oxygen atoms in total. The van der Waals surface area contributed by atoms with Crippen LogP contribution in [-0.2, 0) is 0 Å². The van der Waals surface area contributed by atoms with Crippen LogP contribution in [0, 0.1) is 10.1 Å². The summed E-state index contributed by atoms with van der Waals surface area (Å²) >= 11 is 11.9. The molecule has 0 aromatic heterocycles. The minimum absolute atomic E-state index is 0.0432. The normalized spacial score (nSPS) is 11.9. The summed E-state index contributed by atoms with van der Waals surface area (Å²) in [5, 5.41) is 15.1. The van der Waals surface area contributed by atoms with E-state index in [0.717, 1.165) is 5.56 Å². The van der Waals surface area contributed by atoms with Crippen LogP contribution >= 0.6 is 23.2 Å². The lowest BCUT2D eigenvalue weighted by Crippen LogP contribution is -2.08. The molecular weight excluding hydrogens is 299 g/mol.